The van der Waals surface area contributed by atoms with E-state index < -0.39 is 10.0 Å². The van der Waals surface area contributed by atoms with E-state index in [4.69, 9.17) is 9.15 Å². The van der Waals surface area contributed by atoms with E-state index in [9.17, 15) is 8.42 Å². The van der Waals surface area contributed by atoms with E-state index in [2.05, 4.69) is 19.7 Å². The first-order valence-corrected chi connectivity index (χ1v) is 8.38. The van der Waals surface area contributed by atoms with E-state index in [0.717, 1.165) is 5.56 Å². The normalized spacial score (nSPS) is 11.2. The number of methoxy groups -OCH3 is 1. The number of aryl methyl sites for hydroxylation is 1. The van der Waals surface area contributed by atoms with Gasteiger partial charge >= 0.3 is 6.01 Å². The Morgan fingerprint density at radius 2 is 1.79 bits per heavy atom. The average Bonchev–Trinajstić information content (AvgIpc) is 3.02. The van der Waals surface area contributed by atoms with Gasteiger partial charge in [0.05, 0.1) is 30.1 Å². The van der Waals surface area contributed by atoms with E-state index in [0.29, 0.717) is 11.6 Å². The summed E-state index contributed by atoms with van der Waals surface area (Å²) in [7, 11) is -2.31. The Hall–Kier alpha value is -2.94. The Morgan fingerprint density at radius 1 is 1.12 bits per heavy atom. The molecule has 0 aliphatic carbocycles. The molecule has 1 aromatic carbocycles. The van der Waals surface area contributed by atoms with Crippen molar-refractivity contribution in [3.05, 3.63) is 48.8 Å². The molecule has 0 fully saturated rings. The van der Waals surface area contributed by atoms with Gasteiger partial charge in [-0.1, -0.05) is 12.1 Å². The van der Waals surface area contributed by atoms with Crippen molar-refractivity contribution in [3.63, 3.8) is 0 Å². The second-order valence-corrected chi connectivity index (χ2v) is 6.52. The first kappa shape index (κ1) is 15.9. The average molecular weight is 346 g/mol. The molecule has 0 aliphatic heterocycles. The maximum absolute atomic E-state index is 12.4. The number of oxazole rings is 1. The molecule has 0 radical (unpaired) electrons. The van der Waals surface area contributed by atoms with Gasteiger partial charge in [-0.3, -0.25) is 4.72 Å². The topological polar surface area (TPSA) is 107 Å². The van der Waals surface area contributed by atoms with Gasteiger partial charge in [0.1, 0.15) is 12.0 Å². The van der Waals surface area contributed by atoms with Crippen molar-refractivity contribution in [2.24, 2.45) is 0 Å². The predicted octanol–water partition coefficient (Wildman–Crippen LogP) is 2.25. The van der Waals surface area contributed by atoms with E-state index in [1.807, 2.05) is 0 Å². The highest BCUT2D eigenvalue weighted by Crippen LogP contribution is 2.22. The molecule has 9 heteroatoms. The van der Waals surface area contributed by atoms with Gasteiger partial charge in [0.15, 0.2) is 5.89 Å². The lowest BCUT2D eigenvalue weighted by Gasteiger charge is -2.08. The minimum absolute atomic E-state index is 0.113. The van der Waals surface area contributed by atoms with Crippen molar-refractivity contribution in [2.45, 2.75) is 11.8 Å². The summed E-state index contributed by atoms with van der Waals surface area (Å²) in [5, 5.41) is 0. The summed E-state index contributed by atoms with van der Waals surface area (Å²) >= 11 is 0. The van der Waals surface area contributed by atoms with Gasteiger partial charge in [0, 0.05) is 12.5 Å². The molecular formula is C15H14N4O4S. The number of benzene rings is 1. The molecule has 0 spiro atoms. The quantitative estimate of drug-likeness (QED) is 0.755. The van der Waals surface area contributed by atoms with Crippen molar-refractivity contribution < 1.29 is 17.6 Å². The Bertz CT molecular complexity index is 934. The summed E-state index contributed by atoms with van der Waals surface area (Å²) in [6.45, 7) is 1.74. The van der Waals surface area contributed by atoms with Crippen LogP contribution in [0.5, 0.6) is 6.01 Å². The van der Waals surface area contributed by atoms with Crippen molar-refractivity contribution in [3.8, 4) is 17.3 Å². The molecular weight excluding hydrogens is 332 g/mol. The Kier molecular flexibility index (Phi) is 4.17. The molecule has 0 saturated heterocycles. The second-order valence-electron chi connectivity index (χ2n) is 4.84. The Balaban J connectivity index is 1.81. The van der Waals surface area contributed by atoms with Crippen LogP contribution in [0.4, 0.5) is 5.69 Å². The maximum Gasteiger partial charge on any atom is 0.316 e. The fourth-order valence-corrected chi connectivity index (χ4v) is 3.02. The molecule has 0 atom stereocenters. The van der Waals surface area contributed by atoms with Gasteiger partial charge in [-0.25, -0.2) is 23.4 Å². The predicted molar refractivity (Wildman–Crippen MR) is 86.1 cm³/mol. The van der Waals surface area contributed by atoms with Gasteiger partial charge in [-0.05, 0) is 12.1 Å². The van der Waals surface area contributed by atoms with Crippen LogP contribution in [-0.4, -0.2) is 30.5 Å². The third kappa shape index (κ3) is 3.35. The van der Waals surface area contributed by atoms with Gasteiger partial charge in [0.25, 0.3) is 10.0 Å². The SMILES string of the molecule is COc1ncc(NS(=O)(=O)c2ccc(-c3coc(C)n3)cc2)cn1. The molecule has 0 unspecified atom stereocenters. The van der Waals surface area contributed by atoms with E-state index in [-0.39, 0.29) is 16.6 Å². The summed E-state index contributed by atoms with van der Waals surface area (Å²) in [6, 6.07) is 6.47. The van der Waals surface area contributed by atoms with Gasteiger partial charge < -0.3 is 9.15 Å². The van der Waals surface area contributed by atoms with Crippen LogP contribution in [-0.2, 0) is 10.0 Å². The van der Waals surface area contributed by atoms with Crippen LogP contribution in [0.1, 0.15) is 5.89 Å². The first-order valence-electron chi connectivity index (χ1n) is 6.89. The summed E-state index contributed by atoms with van der Waals surface area (Å²) < 4.78 is 37.1. The number of nitrogens with one attached hydrogen (secondary N) is 1. The molecule has 0 aliphatic rings. The zero-order chi connectivity index (χ0) is 17.2. The van der Waals surface area contributed by atoms with Crippen LogP contribution >= 0.6 is 0 Å². The van der Waals surface area contributed by atoms with Crippen molar-refractivity contribution >= 4 is 15.7 Å². The summed E-state index contributed by atoms with van der Waals surface area (Å²) in [5.41, 5.74) is 1.65. The Morgan fingerprint density at radius 3 is 2.33 bits per heavy atom. The van der Waals surface area contributed by atoms with Crippen LogP contribution < -0.4 is 9.46 Å². The van der Waals surface area contributed by atoms with Crippen LogP contribution in [0.2, 0.25) is 0 Å². The third-order valence-electron chi connectivity index (χ3n) is 3.14. The molecule has 24 heavy (non-hydrogen) atoms. The molecule has 2 aromatic heterocycles. The highest BCUT2D eigenvalue weighted by atomic mass is 32.2. The summed E-state index contributed by atoms with van der Waals surface area (Å²) in [4.78, 5) is 12.0. The molecule has 3 aromatic rings. The van der Waals surface area contributed by atoms with Crippen molar-refractivity contribution in [2.75, 3.05) is 11.8 Å². The lowest BCUT2D eigenvalue weighted by Crippen LogP contribution is -2.13. The number of rotatable bonds is 5. The number of sulfonamides is 1. The van der Waals surface area contributed by atoms with E-state index in [1.165, 1.54) is 37.9 Å². The monoisotopic (exact) mass is 346 g/mol. The minimum atomic E-state index is -3.74. The lowest BCUT2D eigenvalue weighted by atomic mass is 10.2. The first-order chi connectivity index (χ1) is 11.5. The Labute approximate surface area is 138 Å². The minimum Gasteiger partial charge on any atom is -0.467 e. The molecule has 0 amide bonds. The number of nitrogens with zero attached hydrogens (tertiary/aromatic N) is 3. The highest BCUT2D eigenvalue weighted by Gasteiger charge is 2.15. The maximum atomic E-state index is 12.4. The van der Waals surface area contributed by atoms with Gasteiger partial charge in [-0.15, -0.1) is 0 Å². The van der Waals surface area contributed by atoms with Crippen LogP contribution in [0.3, 0.4) is 0 Å². The van der Waals surface area contributed by atoms with Crippen molar-refractivity contribution in [1.82, 2.24) is 15.0 Å². The second kappa shape index (κ2) is 6.28. The number of ether oxygens (including phenoxy) is 1. The molecule has 0 saturated carbocycles. The van der Waals surface area contributed by atoms with Gasteiger partial charge in [0.2, 0.25) is 0 Å². The molecule has 3 rings (SSSR count). The third-order valence-corrected chi connectivity index (χ3v) is 4.54. The molecule has 124 valence electrons. The fraction of sp³-hybridized carbons (Fsp3) is 0.133. The van der Waals surface area contributed by atoms with E-state index in [1.54, 1.807) is 19.1 Å². The molecule has 0 bridgehead atoms. The smallest absolute Gasteiger partial charge is 0.316 e. The van der Waals surface area contributed by atoms with Crippen LogP contribution in [0.15, 0.2) is 52.2 Å². The number of anilines is 1. The summed E-state index contributed by atoms with van der Waals surface area (Å²) in [5.74, 6) is 0.544. The largest absolute Gasteiger partial charge is 0.467 e. The van der Waals surface area contributed by atoms with Crippen LogP contribution in [0.25, 0.3) is 11.3 Å². The van der Waals surface area contributed by atoms with E-state index >= 15 is 0 Å². The highest BCUT2D eigenvalue weighted by molar-refractivity contribution is 7.92. The lowest BCUT2D eigenvalue weighted by molar-refractivity contribution is 0.380. The fourth-order valence-electron chi connectivity index (χ4n) is 1.99. The zero-order valence-corrected chi connectivity index (χ0v) is 13.7. The standard InChI is InChI=1S/C15H14N4O4S/c1-10-18-14(9-23-10)11-3-5-13(6-4-11)24(20,21)19-12-7-16-15(22-2)17-8-12/h3-9,19H,1-2H3. The number of hydrogen-bond acceptors (Lipinski definition) is 7. The molecule has 2 heterocycles. The number of aromatic nitrogens is 3. The zero-order valence-electron chi connectivity index (χ0n) is 12.9. The van der Waals surface area contributed by atoms with Gasteiger partial charge in [-0.2, -0.15) is 0 Å². The number of hydrogen-bond donors (Lipinski definition) is 1. The van der Waals surface area contributed by atoms with Crippen molar-refractivity contribution in [1.29, 1.82) is 0 Å². The molecule has 1 N–H and O–H groups in total. The molecule has 8 nitrogen and oxygen atoms in total. The summed E-state index contributed by atoms with van der Waals surface area (Å²) in [6.07, 6.45) is 4.18. The van der Waals surface area contributed by atoms with Crippen LogP contribution in [0, 0.1) is 6.92 Å².